The van der Waals surface area contributed by atoms with Crippen molar-refractivity contribution in [1.29, 1.82) is 0 Å². The molecule has 0 amide bonds. The minimum Gasteiger partial charge on any atom is -0.303 e. The fraction of sp³-hybridized carbons (Fsp3) is 0.538. The maximum atomic E-state index is 13.0. The highest BCUT2D eigenvalue weighted by Crippen LogP contribution is 2.30. The first-order valence-corrected chi connectivity index (χ1v) is 13.0. The molecule has 0 spiro atoms. The Morgan fingerprint density at radius 3 is 2.35 bits per heavy atom. The second kappa shape index (κ2) is 10.8. The highest BCUT2D eigenvalue weighted by molar-refractivity contribution is 7.92. The predicted octanol–water partition coefficient (Wildman–Crippen LogP) is 4.86. The van der Waals surface area contributed by atoms with Gasteiger partial charge in [-0.1, -0.05) is 48.5 Å². The van der Waals surface area contributed by atoms with Crippen LogP contribution in [0.5, 0.6) is 0 Å². The fourth-order valence-electron chi connectivity index (χ4n) is 4.69. The number of nitrogens with zero attached hydrogens (tertiary/aromatic N) is 2. The molecule has 1 fully saturated rings. The van der Waals surface area contributed by atoms with E-state index >= 15 is 0 Å². The van der Waals surface area contributed by atoms with Gasteiger partial charge in [-0.05, 0) is 83.3 Å². The van der Waals surface area contributed by atoms with Crippen LogP contribution in [0.15, 0.2) is 65.6 Å². The summed E-state index contributed by atoms with van der Waals surface area (Å²) in [7, 11) is -1.11. The van der Waals surface area contributed by atoms with E-state index in [1.54, 1.807) is 24.3 Å². The maximum Gasteiger partial charge on any atom is 0.183 e. The molecule has 31 heavy (non-hydrogen) atoms. The quantitative estimate of drug-likeness (QED) is 0.527. The van der Waals surface area contributed by atoms with Crippen molar-refractivity contribution in [2.24, 2.45) is 5.92 Å². The molecule has 0 bridgehead atoms. The van der Waals surface area contributed by atoms with Crippen molar-refractivity contribution in [3.8, 4) is 0 Å². The number of hydrogen-bond acceptors (Lipinski definition) is 4. The molecule has 2 aromatic rings. The average molecular weight is 443 g/mol. The van der Waals surface area contributed by atoms with Crippen LogP contribution in [0.25, 0.3) is 0 Å². The Hall–Kier alpha value is -1.69. The molecule has 0 saturated carbocycles. The van der Waals surface area contributed by atoms with E-state index < -0.39 is 14.6 Å². The Labute approximate surface area is 189 Å². The van der Waals surface area contributed by atoms with E-state index in [9.17, 15) is 8.42 Å². The summed E-state index contributed by atoms with van der Waals surface area (Å²) in [6.07, 6.45) is 4.10. The molecule has 0 aromatic heterocycles. The Morgan fingerprint density at radius 1 is 1.03 bits per heavy atom. The highest BCUT2D eigenvalue weighted by atomic mass is 32.2. The second-order valence-electron chi connectivity index (χ2n) is 9.67. The van der Waals surface area contributed by atoms with Crippen molar-refractivity contribution in [2.45, 2.75) is 55.7 Å². The van der Waals surface area contributed by atoms with Crippen molar-refractivity contribution >= 4 is 9.84 Å². The average Bonchev–Trinajstić information content (AvgIpc) is 2.75. The molecule has 0 aliphatic carbocycles. The number of rotatable bonds is 10. The highest BCUT2D eigenvalue weighted by Gasteiger charge is 2.35. The molecular weight excluding hydrogens is 404 g/mol. The lowest BCUT2D eigenvalue weighted by molar-refractivity contribution is 0.138. The molecule has 0 N–H and O–H groups in total. The standard InChI is InChI=1S/C26H38N2O2S/c1-26(2,31(29,30)25-15-8-5-9-16-25)17-11-19-28-18-10-14-24(22-28)21-27(3)20-23-12-6-4-7-13-23/h4-9,12-13,15-16,24H,10-11,14,17-22H2,1-3H3. The summed E-state index contributed by atoms with van der Waals surface area (Å²) in [5, 5.41) is 0. The van der Waals surface area contributed by atoms with Crippen LogP contribution in [-0.4, -0.2) is 56.2 Å². The van der Waals surface area contributed by atoms with Crippen molar-refractivity contribution in [3.63, 3.8) is 0 Å². The summed E-state index contributed by atoms with van der Waals surface area (Å²) in [5.74, 6) is 0.684. The summed E-state index contributed by atoms with van der Waals surface area (Å²) >= 11 is 0. The van der Waals surface area contributed by atoms with Gasteiger partial charge in [0.05, 0.1) is 9.64 Å². The first-order valence-electron chi connectivity index (χ1n) is 11.5. The van der Waals surface area contributed by atoms with Gasteiger partial charge in [0, 0.05) is 19.6 Å². The molecule has 0 radical (unpaired) electrons. The van der Waals surface area contributed by atoms with Gasteiger partial charge in [0.25, 0.3) is 0 Å². The fourth-order valence-corrected chi connectivity index (χ4v) is 6.25. The van der Waals surface area contributed by atoms with Crippen LogP contribution in [0.1, 0.15) is 45.1 Å². The van der Waals surface area contributed by atoms with E-state index in [0.29, 0.717) is 17.2 Å². The van der Waals surface area contributed by atoms with Crippen molar-refractivity contribution < 1.29 is 8.42 Å². The van der Waals surface area contributed by atoms with Gasteiger partial charge < -0.3 is 9.80 Å². The topological polar surface area (TPSA) is 40.6 Å². The van der Waals surface area contributed by atoms with Gasteiger partial charge in [0.2, 0.25) is 0 Å². The molecule has 1 saturated heterocycles. The van der Waals surface area contributed by atoms with Crippen LogP contribution >= 0.6 is 0 Å². The van der Waals surface area contributed by atoms with Crippen LogP contribution in [-0.2, 0) is 16.4 Å². The summed E-state index contributed by atoms with van der Waals surface area (Å²) in [5.41, 5.74) is 1.36. The summed E-state index contributed by atoms with van der Waals surface area (Å²) in [6.45, 7) is 9.06. The molecule has 170 valence electrons. The molecule has 1 unspecified atom stereocenters. The second-order valence-corrected chi connectivity index (χ2v) is 12.3. The summed E-state index contributed by atoms with van der Waals surface area (Å²) in [4.78, 5) is 5.40. The third-order valence-electron chi connectivity index (χ3n) is 6.50. The molecule has 1 heterocycles. The van der Waals surface area contributed by atoms with Gasteiger partial charge >= 0.3 is 0 Å². The Balaban J connectivity index is 1.46. The molecule has 2 aromatic carbocycles. The van der Waals surface area contributed by atoms with Crippen LogP contribution in [0.3, 0.4) is 0 Å². The normalized spacial score (nSPS) is 18.4. The zero-order valence-electron chi connectivity index (χ0n) is 19.3. The zero-order chi connectivity index (χ0) is 22.3. The zero-order valence-corrected chi connectivity index (χ0v) is 20.2. The van der Waals surface area contributed by atoms with E-state index in [1.807, 2.05) is 19.9 Å². The molecule has 1 atom stereocenters. The van der Waals surface area contributed by atoms with E-state index in [2.05, 4.69) is 47.2 Å². The summed E-state index contributed by atoms with van der Waals surface area (Å²) in [6, 6.07) is 19.5. The number of benzene rings is 2. The Kier molecular flexibility index (Phi) is 8.31. The van der Waals surface area contributed by atoms with Gasteiger partial charge in [-0.15, -0.1) is 0 Å². The van der Waals surface area contributed by atoms with E-state index in [1.165, 1.54) is 18.4 Å². The number of likely N-dealkylation sites (tertiary alicyclic amines) is 1. The smallest absolute Gasteiger partial charge is 0.183 e. The van der Waals surface area contributed by atoms with Crippen LogP contribution in [0.4, 0.5) is 0 Å². The number of piperidine rings is 1. The Bertz CT molecular complexity index is 898. The van der Waals surface area contributed by atoms with E-state index in [-0.39, 0.29) is 0 Å². The third-order valence-corrected chi connectivity index (χ3v) is 9.05. The predicted molar refractivity (Wildman–Crippen MR) is 129 cm³/mol. The molecule has 1 aliphatic heterocycles. The van der Waals surface area contributed by atoms with Gasteiger partial charge in [0.1, 0.15) is 0 Å². The third kappa shape index (κ3) is 6.64. The molecule has 3 rings (SSSR count). The van der Waals surface area contributed by atoms with Crippen LogP contribution in [0.2, 0.25) is 0 Å². The largest absolute Gasteiger partial charge is 0.303 e. The lowest BCUT2D eigenvalue weighted by atomic mass is 9.96. The lowest BCUT2D eigenvalue weighted by Gasteiger charge is -2.35. The van der Waals surface area contributed by atoms with Gasteiger partial charge in [0.15, 0.2) is 9.84 Å². The molecule has 4 nitrogen and oxygen atoms in total. The maximum absolute atomic E-state index is 13.0. The van der Waals surface area contributed by atoms with Crippen LogP contribution in [0, 0.1) is 5.92 Å². The Morgan fingerprint density at radius 2 is 1.68 bits per heavy atom. The minimum absolute atomic E-state index is 0.430. The van der Waals surface area contributed by atoms with Gasteiger partial charge in [-0.25, -0.2) is 8.42 Å². The van der Waals surface area contributed by atoms with Crippen molar-refractivity contribution in [3.05, 3.63) is 66.2 Å². The van der Waals surface area contributed by atoms with Gasteiger partial charge in [-0.2, -0.15) is 0 Å². The first-order chi connectivity index (χ1) is 14.8. The summed E-state index contributed by atoms with van der Waals surface area (Å²) < 4.78 is 25.3. The minimum atomic E-state index is -3.32. The van der Waals surface area contributed by atoms with Crippen molar-refractivity contribution in [2.75, 3.05) is 33.2 Å². The molecule has 5 heteroatoms. The molecule has 1 aliphatic rings. The number of sulfone groups is 1. The molecular formula is C26H38N2O2S. The lowest BCUT2D eigenvalue weighted by Crippen LogP contribution is -2.41. The van der Waals surface area contributed by atoms with Gasteiger partial charge in [-0.3, -0.25) is 0 Å². The number of hydrogen-bond donors (Lipinski definition) is 0. The monoisotopic (exact) mass is 442 g/mol. The van der Waals surface area contributed by atoms with E-state index in [4.69, 9.17) is 0 Å². The SMILES string of the molecule is CN(Cc1ccccc1)CC1CCCN(CCCC(C)(C)S(=O)(=O)c2ccccc2)C1. The van der Waals surface area contributed by atoms with Crippen molar-refractivity contribution in [1.82, 2.24) is 9.80 Å². The van der Waals surface area contributed by atoms with Crippen LogP contribution < -0.4 is 0 Å². The first kappa shape index (κ1) is 24.0. The van der Waals surface area contributed by atoms with E-state index in [0.717, 1.165) is 39.1 Å².